The molecule has 3 heteroatoms. The molecule has 0 spiro atoms. The van der Waals surface area contributed by atoms with E-state index in [1.54, 1.807) is 7.11 Å². The standard InChI is InChI=1S/C17H29NOS/c1-5-11-17(14-20,12-6-2)13-18(3)15-9-7-8-10-16(15)19-4/h7-10,20H,5-6,11-14H2,1-4H3. The number of ether oxygens (including phenoxy) is 1. The van der Waals surface area contributed by atoms with Crippen LogP contribution in [0.5, 0.6) is 5.75 Å². The molecule has 0 saturated heterocycles. The number of hydrogen-bond acceptors (Lipinski definition) is 3. The van der Waals surface area contributed by atoms with E-state index in [0.717, 1.165) is 23.7 Å². The molecule has 1 aromatic rings. The molecule has 0 amide bonds. The quantitative estimate of drug-likeness (QED) is 0.666. The Bertz CT molecular complexity index is 388. The van der Waals surface area contributed by atoms with Crippen molar-refractivity contribution in [3.05, 3.63) is 24.3 Å². The van der Waals surface area contributed by atoms with Crippen molar-refractivity contribution in [3.63, 3.8) is 0 Å². The Labute approximate surface area is 129 Å². The maximum absolute atomic E-state index is 5.47. The van der Waals surface area contributed by atoms with Crippen LogP contribution in [0.25, 0.3) is 0 Å². The van der Waals surface area contributed by atoms with Crippen LogP contribution >= 0.6 is 12.6 Å². The summed E-state index contributed by atoms with van der Waals surface area (Å²) in [4.78, 5) is 2.32. The highest BCUT2D eigenvalue weighted by atomic mass is 32.1. The Morgan fingerprint density at radius 2 is 1.75 bits per heavy atom. The molecule has 20 heavy (non-hydrogen) atoms. The van der Waals surface area contributed by atoms with E-state index in [-0.39, 0.29) is 0 Å². The fourth-order valence-corrected chi connectivity index (χ4v) is 3.50. The van der Waals surface area contributed by atoms with Gasteiger partial charge in [-0.25, -0.2) is 0 Å². The Kier molecular flexibility index (Phi) is 7.28. The zero-order chi connectivity index (χ0) is 15.0. The first-order valence-electron chi connectivity index (χ1n) is 7.57. The van der Waals surface area contributed by atoms with Gasteiger partial charge in [0.05, 0.1) is 12.8 Å². The third kappa shape index (κ3) is 4.34. The Morgan fingerprint density at radius 1 is 1.15 bits per heavy atom. The lowest BCUT2D eigenvalue weighted by Crippen LogP contribution is -2.37. The van der Waals surface area contributed by atoms with Gasteiger partial charge in [0.25, 0.3) is 0 Å². The van der Waals surface area contributed by atoms with E-state index in [0.29, 0.717) is 5.41 Å². The molecule has 0 radical (unpaired) electrons. The number of hydrogen-bond donors (Lipinski definition) is 1. The van der Waals surface area contributed by atoms with Crippen molar-refractivity contribution in [2.45, 2.75) is 39.5 Å². The van der Waals surface area contributed by atoms with Crippen molar-refractivity contribution in [3.8, 4) is 5.75 Å². The molecule has 0 atom stereocenters. The Morgan fingerprint density at radius 3 is 2.25 bits per heavy atom. The largest absolute Gasteiger partial charge is 0.495 e. The molecule has 0 N–H and O–H groups in total. The first-order chi connectivity index (χ1) is 9.62. The lowest BCUT2D eigenvalue weighted by molar-refractivity contribution is 0.281. The van der Waals surface area contributed by atoms with E-state index in [1.165, 1.54) is 25.7 Å². The molecule has 114 valence electrons. The molecule has 0 fully saturated rings. The van der Waals surface area contributed by atoms with Gasteiger partial charge in [0.1, 0.15) is 5.75 Å². The summed E-state index contributed by atoms with van der Waals surface area (Å²) in [5.41, 5.74) is 1.45. The maximum Gasteiger partial charge on any atom is 0.142 e. The second-order valence-electron chi connectivity index (χ2n) is 5.69. The highest BCUT2D eigenvalue weighted by molar-refractivity contribution is 7.80. The van der Waals surface area contributed by atoms with Gasteiger partial charge < -0.3 is 9.64 Å². The lowest BCUT2D eigenvalue weighted by atomic mass is 9.80. The minimum Gasteiger partial charge on any atom is -0.495 e. The molecule has 0 aliphatic heterocycles. The van der Waals surface area contributed by atoms with Crippen molar-refractivity contribution >= 4 is 18.3 Å². The van der Waals surface area contributed by atoms with Crippen molar-refractivity contribution in [1.82, 2.24) is 0 Å². The van der Waals surface area contributed by atoms with Crippen LogP contribution in [0, 0.1) is 5.41 Å². The zero-order valence-corrected chi connectivity index (χ0v) is 14.2. The second kappa shape index (κ2) is 8.46. The predicted octanol–water partition coefficient (Wildman–Crippen LogP) is 4.65. The zero-order valence-electron chi connectivity index (χ0n) is 13.4. The summed E-state index contributed by atoms with van der Waals surface area (Å²) in [7, 11) is 3.89. The van der Waals surface area contributed by atoms with Crippen LogP contribution in [0.3, 0.4) is 0 Å². The molecule has 1 rings (SSSR count). The van der Waals surface area contributed by atoms with Gasteiger partial charge in [-0.3, -0.25) is 0 Å². The van der Waals surface area contributed by atoms with E-state index >= 15 is 0 Å². The normalized spacial score (nSPS) is 11.4. The molecule has 1 aromatic carbocycles. The van der Waals surface area contributed by atoms with Crippen LogP contribution in [-0.4, -0.2) is 26.5 Å². The van der Waals surface area contributed by atoms with Gasteiger partial charge in [-0.1, -0.05) is 38.8 Å². The van der Waals surface area contributed by atoms with E-state index in [1.807, 2.05) is 12.1 Å². The molecule has 0 aliphatic rings. The summed E-state index contributed by atoms with van der Waals surface area (Å²) < 4.78 is 5.47. The van der Waals surface area contributed by atoms with Crippen LogP contribution in [-0.2, 0) is 0 Å². The minimum atomic E-state index is 0.294. The number of methoxy groups -OCH3 is 1. The minimum absolute atomic E-state index is 0.294. The van der Waals surface area contributed by atoms with Gasteiger partial charge in [-0.05, 0) is 36.1 Å². The number of nitrogens with zero attached hydrogens (tertiary/aromatic N) is 1. The molecule has 0 heterocycles. The smallest absolute Gasteiger partial charge is 0.142 e. The maximum atomic E-state index is 5.47. The fraction of sp³-hybridized carbons (Fsp3) is 0.647. The van der Waals surface area contributed by atoms with Crippen molar-refractivity contribution in [2.75, 3.05) is 31.4 Å². The molecule has 0 unspecified atom stereocenters. The van der Waals surface area contributed by atoms with E-state index in [9.17, 15) is 0 Å². The summed E-state index contributed by atoms with van der Waals surface area (Å²) in [5, 5.41) is 0. The SMILES string of the molecule is CCCC(CS)(CCC)CN(C)c1ccccc1OC. The number of thiol groups is 1. The van der Waals surface area contributed by atoms with Gasteiger partial charge in [0.15, 0.2) is 0 Å². The van der Waals surface area contributed by atoms with Crippen molar-refractivity contribution < 1.29 is 4.74 Å². The summed E-state index contributed by atoms with van der Waals surface area (Å²) in [6, 6.07) is 8.23. The molecular formula is C17H29NOS. The van der Waals surface area contributed by atoms with E-state index in [4.69, 9.17) is 4.74 Å². The summed E-state index contributed by atoms with van der Waals surface area (Å²) in [6.07, 6.45) is 4.87. The van der Waals surface area contributed by atoms with Gasteiger partial charge in [-0.15, -0.1) is 0 Å². The van der Waals surface area contributed by atoms with Crippen LogP contribution in [0.15, 0.2) is 24.3 Å². The van der Waals surface area contributed by atoms with Crippen LogP contribution < -0.4 is 9.64 Å². The van der Waals surface area contributed by atoms with Crippen LogP contribution in [0.1, 0.15) is 39.5 Å². The third-order valence-electron chi connectivity index (χ3n) is 3.97. The fourth-order valence-electron chi connectivity index (χ4n) is 3.09. The topological polar surface area (TPSA) is 12.5 Å². The highest BCUT2D eigenvalue weighted by Crippen LogP contribution is 2.35. The number of anilines is 1. The van der Waals surface area contributed by atoms with Gasteiger partial charge in [0.2, 0.25) is 0 Å². The third-order valence-corrected chi connectivity index (χ3v) is 4.64. The van der Waals surface area contributed by atoms with Gasteiger partial charge in [-0.2, -0.15) is 12.6 Å². The number of benzene rings is 1. The first kappa shape index (κ1) is 17.2. The Balaban J connectivity index is 2.92. The lowest BCUT2D eigenvalue weighted by Gasteiger charge is -2.37. The molecule has 0 saturated carbocycles. The van der Waals surface area contributed by atoms with Crippen molar-refractivity contribution in [1.29, 1.82) is 0 Å². The number of rotatable bonds is 9. The van der Waals surface area contributed by atoms with Gasteiger partial charge >= 0.3 is 0 Å². The molecule has 0 bridgehead atoms. The average molecular weight is 295 g/mol. The van der Waals surface area contributed by atoms with E-state index in [2.05, 4.69) is 50.6 Å². The second-order valence-corrected chi connectivity index (χ2v) is 6.00. The van der Waals surface area contributed by atoms with E-state index < -0.39 is 0 Å². The Hall–Kier alpha value is -0.830. The average Bonchev–Trinajstić information content (AvgIpc) is 2.47. The van der Waals surface area contributed by atoms with Gasteiger partial charge in [0, 0.05) is 13.6 Å². The van der Waals surface area contributed by atoms with Crippen LogP contribution in [0.4, 0.5) is 5.69 Å². The molecular weight excluding hydrogens is 266 g/mol. The van der Waals surface area contributed by atoms with Crippen molar-refractivity contribution in [2.24, 2.45) is 5.41 Å². The summed E-state index contributed by atoms with van der Waals surface area (Å²) >= 11 is 4.65. The summed E-state index contributed by atoms with van der Waals surface area (Å²) in [6.45, 7) is 5.55. The molecule has 2 nitrogen and oxygen atoms in total. The number of para-hydroxylation sites is 2. The highest BCUT2D eigenvalue weighted by Gasteiger charge is 2.29. The van der Waals surface area contributed by atoms with Crippen LogP contribution in [0.2, 0.25) is 0 Å². The summed E-state index contributed by atoms with van der Waals surface area (Å²) in [5.74, 6) is 1.88. The first-order valence-corrected chi connectivity index (χ1v) is 8.20. The molecule has 0 aromatic heterocycles. The monoisotopic (exact) mass is 295 g/mol. The predicted molar refractivity (Wildman–Crippen MR) is 92.4 cm³/mol. The molecule has 0 aliphatic carbocycles.